The highest BCUT2D eigenvalue weighted by Crippen LogP contribution is 2.31. The molecule has 1 fully saturated rings. The molecule has 0 atom stereocenters. The first-order valence-electron chi connectivity index (χ1n) is 9.83. The van der Waals surface area contributed by atoms with Crippen molar-refractivity contribution in [2.24, 2.45) is 0 Å². The van der Waals surface area contributed by atoms with E-state index < -0.39 is 5.91 Å². The zero-order chi connectivity index (χ0) is 21.8. The van der Waals surface area contributed by atoms with Crippen molar-refractivity contribution in [1.82, 2.24) is 14.8 Å². The Balaban J connectivity index is 1.27. The predicted molar refractivity (Wildman–Crippen MR) is 119 cm³/mol. The quantitative estimate of drug-likeness (QED) is 0.567. The van der Waals surface area contributed by atoms with Gasteiger partial charge in [-0.05, 0) is 53.1 Å². The van der Waals surface area contributed by atoms with Gasteiger partial charge in [0.1, 0.15) is 5.82 Å². The Morgan fingerprint density at radius 3 is 2.61 bits per heavy atom. The standard InChI is InChI=1S/C23H20FN3O3S/c24-18-7-5-16(6-8-18)15-20-22(29)27(23(30)31-20)14-11-25-21(28)10-13-26-12-9-17-3-1-2-4-19(17)26/h1-9,12,15H,10-11,13-14H2,(H,25,28)/b20-15-. The first kappa shape index (κ1) is 20.9. The monoisotopic (exact) mass is 437 g/mol. The van der Waals surface area contributed by atoms with Crippen LogP contribution < -0.4 is 5.32 Å². The fourth-order valence-electron chi connectivity index (χ4n) is 3.36. The van der Waals surface area contributed by atoms with E-state index in [1.807, 2.05) is 41.1 Å². The fourth-order valence-corrected chi connectivity index (χ4v) is 4.22. The molecule has 1 N–H and O–H groups in total. The smallest absolute Gasteiger partial charge is 0.293 e. The molecule has 1 saturated heterocycles. The van der Waals surface area contributed by atoms with Gasteiger partial charge in [-0.3, -0.25) is 19.3 Å². The van der Waals surface area contributed by atoms with Gasteiger partial charge in [-0.2, -0.15) is 0 Å². The van der Waals surface area contributed by atoms with Crippen molar-refractivity contribution >= 4 is 45.8 Å². The third-order valence-corrected chi connectivity index (χ3v) is 5.87. The number of halogens is 1. The molecule has 1 aliphatic heterocycles. The highest BCUT2D eigenvalue weighted by molar-refractivity contribution is 8.18. The first-order valence-corrected chi connectivity index (χ1v) is 10.6. The maximum absolute atomic E-state index is 13.0. The second kappa shape index (κ2) is 9.18. The molecule has 4 rings (SSSR count). The van der Waals surface area contributed by atoms with E-state index in [9.17, 15) is 18.8 Å². The van der Waals surface area contributed by atoms with Crippen molar-refractivity contribution in [3.63, 3.8) is 0 Å². The van der Waals surface area contributed by atoms with Crippen LogP contribution in [0.2, 0.25) is 0 Å². The van der Waals surface area contributed by atoms with E-state index in [4.69, 9.17) is 0 Å². The Morgan fingerprint density at radius 2 is 1.81 bits per heavy atom. The van der Waals surface area contributed by atoms with Gasteiger partial charge in [-0.25, -0.2) is 4.39 Å². The molecule has 3 amide bonds. The largest absolute Gasteiger partial charge is 0.354 e. The van der Waals surface area contributed by atoms with E-state index in [1.165, 1.54) is 24.3 Å². The molecule has 0 bridgehead atoms. The Kier molecular flexibility index (Phi) is 6.18. The summed E-state index contributed by atoms with van der Waals surface area (Å²) < 4.78 is 15.0. The summed E-state index contributed by atoms with van der Waals surface area (Å²) in [6.07, 6.45) is 3.81. The predicted octanol–water partition coefficient (Wildman–Crippen LogP) is 4.02. The molecular weight excluding hydrogens is 417 g/mol. The number of para-hydroxylation sites is 1. The average molecular weight is 437 g/mol. The number of amides is 3. The van der Waals surface area contributed by atoms with Crippen molar-refractivity contribution < 1.29 is 18.8 Å². The van der Waals surface area contributed by atoms with Gasteiger partial charge in [-0.15, -0.1) is 0 Å². The summed E-state index contributed by atoms with van der Waals surface area (Å²) in [4.78, 5) is 38.2. The molecule has 31 heavy (non-hydrogen) atoms. The van der Waals surface area contributed by atoms with Crippen LogP contribution in [0, 0.1) is 5.82 Å². The van der Waals surface area contributed by atoms with Gasteiger partial charge in [0.25, 0.3) is 11.1 Å². The molecule has 8 heteroatoms. The van der Waals surface area contributed by atoms with Gasteiger partial charge in [0.2, 0.25) is 5.91 Å². The summed E-state index contributed by atoms with van der Waals surface area (Å²) in [7, 11) is 0. The van der Waals surface area contributed by atoms with Gasteiger partial charge in [0, 0.05) is 37.8 Å². The Bertz CT molecular complexity index is 1170. The highest BCUT2D eigenvalue weighted by atomic mass is 32.2. The molecule has 1 aromatic heterocycles. The van der Waals surface area contributed by atoms with E-state index in [-0.39, 0.29) is 35.0 Å². The van der Waals surface area contributed by atoms with E-state index in [2.05, 4.69) is 5.32 Å². The highest BCUT2D eigenvalue weighted by Gasteiger charge is 2.34. The van der Waals surface area contributed by atoms with Gasteiger partial charge in [-0.1, -0.05) is 30.3 Å². The van der Waals surface area contributed by atoms with Crippen molar-refractivity contribution in [2.75, 3.05) is 13.1 Å². The number of rotatable bonds is 7. The summed E-state index contributed by atoms with van der Waals surface area (Å²) >= 11 is 0.838. The van der Waals surface area contributed by atoms with E-state index >= 15 is 0 Å². The summed E-state index contributed by atoms with van der Waals surface area (Å²) in [6.45, 7) is 0.831. The van der Waals surface area contributed by atoms with Crippen LogP contribution in [0.5, 0.6) is 0 Å². The lowest BCUT2D eigenvalue weighted by Crippen LogP contribution is -2.37. The summed E-state index contributed by atoms with van der Waals surface area (Å²) in [5.74, 6) is -0.926. The normalized spacial score (nSPS) is 15.3. The van der Waals surface area contributed by atoms with Crippen molar-refractivity contribution in [3.8, 4) is 0 Å². The number of hydrogen-bond donors (Lipinski definition) is 1. The van der Waals surface area contributed by atoms with E-state index in [1.54, 1.807) is 6.08 Å². The zero-order valence-corrected chi connectivity index (χ0v) is 17.4. The van der Waals surface area contributed by atoms with Crippen LogP contribution in [-0.4, -0.2) is 39.6 Å². The molecule has 0 spiro atoms. The van der Waals surface area contributed by atoms with Crippen molar-refractivity contribution in [2.45, 2.75) is 13.0 Å². The topological polar surface area (TPSA) is 71.4 Å². The number of aryl methyl sites for hydroxylation is 1. The number of nitrogens with zero attached hydrogens (tertiary/aromatic N) is 2. The summed E-state index contributed by atoms with van der Waals surface area (Å²) in [6, 6.07) is 15.6. The lowest BCUT2D eigenvalue weighted by Gasteiger charge is -2.13. The number of benzene rings is 2. The SMILES string of the molecule is O=C(CCn1ccc2ccccc21)NCCN1C(=O)S/C(=C\c2ccc(F)cc2)C1=O. The van der Waals surface area contributed by atoms with Crippen molar-refractivity contribution in [1.29, 1.82) is 0 Å². The number of imide groups is 1. The molecule has 0 radical (unpaired) electrons. The van der Waals surface area contributed by atoms with Gasteiger partial charge in [0.05, 0.1) is 4.91 Å². The van der Waals surface area contributed by atoms with Crippen LogP contribution in [0.1, 0.15) is 12.0 Å². The number of carbonyl (C=O) groups excluding carboxylic acids is 3. The lowest BCUT2D eigenvalue weighted by atomic mass is 10.2. The van der Waals surface area contributed by atoms with Crippen LogP contribution >= 0.6 is 11.8 Å². The minimum atomic E-state index is -0.410. The Labute approximate surface area is 182 Å². The molecule has 3 aromatic rings. The van der Waals surface area contributed by atoms with Gasteiger partial charge in [0.15, 0.2) is 0 Å². The zero-order valence-electron chi connectivity index (χ0n) is 16.6. The number of hydrogen-bond acceptors (Lipinski definition) is 4. The summed E-state index contributed by atoms with van der Waals surface area (Å²) in [5, 5.41) is 3.50. The molecule has 0 aliphatic carbocycles. The first-order chi connectivity index (χ1) is 15.0. The van der Waals surface area contributed by atoms with Gasteiger partial charge >= 0.3 is 0 Å². The fraction of sp³-hybridized carbons (Fsp3) is 0.174. The van der Waals surface area contributed by atoms with Crippen molar-refractivity contribution in [3.05, 3.63) is 77.1 Å². The lowest BCUT2D eigenvalue weighted by molar-refractivity contribution is -0.124. The third-order valence-electron chi connectivity index (χ3n) is 4.96. The maximum Gasteiger partial charge on any atom is 0.293 e. The number of fused-ring (bicyclic) bond motifs is 1. The molecule has 1 aliphatic rings. The van der Waals surface area contributed by atoms with E-state index in [0.717, 1.165) is 27.6 Å². The minimum Gasteiger partial charge on any atom is -0.354 e. The van der Waals surface area contributed by atoms with Crippen LogP contribution in [0.4, 0.5) is 9.18 Å². The molecule has 2 aromatic carbocycles. The molecule has 158 valence electrons. The number of aromatic nitrogens is 1. The van der Waals surface area contributed by atoms with Crippen LogP contribution in [0.25, 0.3) is 17.0 Å². The van der Waals surface area contributed by atoms with Gasteiger partial charge < -0.3 is 9.88 Å². The number of carbonyl (C=O) groups is 3. The number of nitrogens with one attached hydrogen (secondary N) is 1. The second-order valence-electron chi connectivity index (χ2n) is 7.05. The average Bonchev–Trinajstić information content (AvgIpc) is 3.29. The third kappa shape index (κ3) is 4.86. The summed E-state index contributed by atoms with van der Waals surface area (Å²) in [5.41, 5.74) is 1.71. The molecule has 0 unspecified atom stereocenters. The van der Waals surface area contributed by atoms with Crippen LogP contribution in [0.15, 0.2) is 65.7 Å². The van der Waals surface area contributed by atoms with E-state index in [0.29, 0.717) is 18.5 Å². The minimum absolute atomic E-state index is 0.101. The number of thioether (sulfide) groups is 1. The maximum atomic E-state index is 13.0. The van der Waals surface area contributed by atoms with Crippen LogP contribution in [0.3, 0.4) is 0 Å². The molecule has 6 nitrogen and oxygen atoms in total. The Morgan fingerprint density at radius 1 is 1.03 bits per heavy atom. The Hall–Kier alpha value is -3.39. The second-order valence-corrected chi connectivity index (χ2v) is 8.05. The molecule has 0 saturated carbocycles. The molecular formula is C23H20FN3O3S. The van der Waals surface area contributed by atoms with Crippen LogP contribution in [-0.2, 0) is 16.1 Å². The molecule has 2 heterocycles.